The molecule has 4 aromatic rings. The number of rotatable bonds is 5. The molecule has 0 aliphatic carbocycles. The van der Waals surface area contributed by atoms with Crippen molar-refractivity contribution in [1.82, 2.24) is 10.2 Å². The number of aromatic nitrogens is 2. The molecule has 5 atom stereocenters. The molecule has 190 valence electrons. The van der Waals surface area contributed by atoms with E-state index < -0.39 is 35.0 Å². The van der Waals surface area contributed by atoms with Gasteiger partial charge in [0.1, 0.15) is 5.60 Å². The van der Waals surface area contributed by atoms with E-state index in [0.29, 0.717) is 34.3 Å². The molecule has 3 aliphatic heterocycles. The predicted molar refractivity (Wildman–Crippen MR) is 137 cm³/mol. The van der Waals surface area contributed by atoms with Crippen molar-refractivity contribution < 1.29 is 24.2 Å². The van der Waals surface area contributed by atoms with Crippen molar-refractivity contribution in [1.29, 1.82) is 5.26 Å². The second kappa shape index (κ2) is 7.87. The summed E-state index contributed by atoms with van der Waals surface area (Å²) < 4.78 is 12.4. The van der Waals surface area contributed by atoms with Gasteiger partial charge in [-0.3, -0.25) is 14.7 Å². The molecule has 3 fully saturated rings. The number of aromatic amines is 1. The Balaban J connectivity index is 1.23. The smallest absolute Gasteiger partial charge is 0.240 e. The molecule has 0 spiro atoms. The molecule has 0 radical (unpaired) electrons. The van der Waals surface area contributed by atoms with Crippen LogP contribution in [-0.2, 0) is 14.3 Å². The van der Waals surface area contributed by atoms with E-state index in [4.69, 9.17) is 9.47 Å². The highest BCUT2D eigenvalue weighted by Gasteiger charge is 2.77. The Hall–Kier alpha value is -4.26. The molecule has 2 amide bonds. The lowest BCUT2D eigenvalue weighted by Gasteiger charge is -2.33. The number of fused-ring (bicyclic) bond motifs is 7. The van der Waals surface area contributed by atoms with E-state index in [-0.39, 0.29) is 18.9 Å². The number of carbonyl (C=O) groups excluding carboxylic acids is 2. The van der Waals surface area contributed by atoms with Gasteiger partial charge in [-0.1, -0.05) is 36.4 Å². The molecule has 0 unspecified atom stereocenters. The molecule has 9 heteroatoms. The Morgan fingerprint density at radius 2 is 1.79 bits per heavy atom. The molecule has 38 heavy (non-hydrogen) atoms. The van der Waals surface area contributed by atoms with Gasteiger partial charge in [-0.25, -0.2) is 4.90 Å². The first-order chi connectivity index (χ1) is 18.4. The van der Waals surface area contributed by atoms with Crippen LogP contribution in [0.25, 0.3) is 21.7 Å². The lowest BCUT2D eigenvalue weighted by molar-refractivity contribution is -0.134. The van der Waals surface area contributed by atoms with Gasteiger partial charge in [0.15, 0.2) is 0 Å². The van der Waals surface area contributed by atoms with Gasteiger partial charge in [0, 0.05) is 23.6 Å². The number of aliphatic hydroxyl groups is 1. The minimum Gasteiger partial charge on any atom is -0.476 e. The normalized spacial score (nSPS) is 29.8. The molecule has 3 aromatic carbocycles. The van der Waals surface area contributed by atoms with E-state index in [1.807, 2.05) is 36.4 Å². The highest BCUT2D eigenvalue weighted by Crippen LogP contribution is 2.62. The number of amides is 2. The highest BCUT2D eigenvalue weighted by atomic mass is 16.6. The van der Waals surface area contributed by atoms with Crippen LogP contribution < -0.4 is 9.64 Å². The number of carbonyl (C=O) groups is 2. The van der Waals surface area contributed by atoms with E-state index in [1.165, 1.54) is 4.90 Å². The number of hydrogen-bond acceptors (Lipinski definition) is 7. The number of imide groups is 1. The van der Waals surface area contributed by atoms with Crippen LogP contribution in [0.1, 0.15) is 25.3 Å². The number of hydrogen-bond donors (Lipinski definition) is 2. The maximum atomic E-state index is 14.0. The molecular formula is C29H24N4O5. The number of aliphatic hydroxyl groups excluding tert-OH is 1. The molecular weight excluding hydrogens is 484 g/mol. The molecule has 1 aromatic heterocycles. The van der Waals surface area contributed by atoms with Gasteiger partial charge in [-0.05, 0) is 31.2 Å². The van der Waals surface area contributed by atoms with E-state index >= 15 is 0 Å². The lowest BCUT2D eigenvalue weighted by atomic mass is 9.66. The molecule has 7 rings (SSSR count). The third kappa shape index (κ3) is 2.90. The van der Waals surface area contributed by atoms with Gasteiger partial charge in [0.25, 0.3) is 0 Å². The predicted octanol–water partition coefficient (Wildman–Crippen LogP) is 3.45. The fourth-order valence-corrected chi connectivity index (χ4v) is 6.81. The number of para-hydroxylation sites is 1. The summed E-state index contributed by atoms with van der Waals surface area (Å²) in [5.41, 5.74) is -0.476. The molecule has 2 bridgehead atoms. The van der Waals surface area contributed by atoms with Gasteiger partial charge in [-0.15, -0.1) is 5.10 Å². The van der Waals surface area contributed by atoms with Crippen molar-refractivity contribution >= 4 is 39.2 Å². The van der Waals surface area contributed by atoms with Crippen LogP contribution in [0.3, 0.4) is 0 Å². The fourth-order valence-electron chi connectivity index (χ4n) is 6.81. The largest absolute Gasteiger partial charge is 0.476 e. The minimum atomic E-state index is -1.19. The van der Waals surface area contributed by atoms with E-state index in [2.05, 4.69) is 16.3 Å². The van der Waals surface area contributed by atoms with Gasteiger partial charge < -0.3 is 14.6 Å². The maximum Gasteiger partial charge on any atom is 0.240 e. The SMILES string of the molecule is C[C@]12O[C@](CCOc3n[nH]c4ccccc34)(C[C@@H]1O)[C@H]1C(=O)N(c3ccc(C#N)c4ccccc34)C(=O)[C@H]12. The van der Waals surface area contributed by atoms with Crippen LogP contribution in [0.5, 0.6) is 5.88 Å². The zero-order chi connectivity index (χ0) is 26.2. The molecule has 9 nitrogen and oxygen atoms in total. The Bertz CT molecular complexity index is 1690. The summed E-state index contributed by atoms with van der Waals surface area (Å²) in [4.78, 5) is 29.1. The highest BCUT2D eigenvalue weighted by molar-refractivity contribution is 6.26. The summed E-state index contributed by atoms with van der Waals surface area (Å²) in [6.45, 7) is 1.92. The van der Waals surface area contributed by atoms with Crippen LogP contribution in [0, 0.1) is 23.2 Å². The lowest BCUT2D eigenvalue weighted by Crippen LogP contribution is -2.49. The summed E-state index contributed by atoms with van der Waals surface area (Å²) in [5.74, 6) is -1.86. The number of nitriles is 1. The van der Waals surface area contributed by atoms with Crippen LogP contribution in [-0.4, -0.2) is 51.0 Å². The summed E-state index contributed by atoms with van der Waals surface area (Å²) in [6, 6.07) is 20.3. The zero-order valence-electron chi connectivity index (χ0n) is 20.5. The van der Waals surface area contributed by atoms with E-state index in [0.717, 1.165) is 10.9 Å². The fraction of sp³-hybridized carbons (Fsp3) is 0.310. The number of H-pyrrole nitrogens is 1. The first-order valence-corrected chi connectivity index (χ1v) is 12.6. The summed E-state index contributed by atoms with van der Waals surface area (Å²) >= 11 is 0. The Kier molecular flexibility index (Phi) is 4.74. The summed E-state index contributed by atoms with van der Waals surface area (Å²) in [6.07, 6.45) is -0.358. The summed E-state index contributed by atoms with van der Waals surface area (Å²) in [7, 11) is 0. The Labute approximate surface area is 217 Å². The van der Waals surface area contributed by atoms with Crippen molar-refractivity contribution in [2.24, 2.45) is 11.8 Å². The van der Waals surface area contributed by atoms with Crippen LogP contribution in [0.4, 0.5) is 5.69 Å². The van der Waals surface area contributed by atoms with E-state index in [9.17, 15) is 20.0 Å². The topological polar surface area (TPSA) is 129 Å². The monoisotopic (exact) mass is 508 g/mol. The van der Waals surface area contributed by atoms with Crippen LogP contribution in [0.2, 0.25) is 0 Å². The van der Waals surface area contributed by atoms with Crippen molar-refractivity contribution in [2.45, 2.75) is 37.1 Å². The van der Waals surface area contributed by atoms with Crippen LogP contribution >= 0.6 is 0 Å². The third-order valence-corrected chi connectivity index (χ3v) is 8.58. The van der Waals surface area contributed by atoms with Gasteiger partial charge >= 0.3 is 0 Å². The first-order valence-electron chi connectivity index (χ1n) is 12.6. The second-order valence-corrected chi connectivity index (χ2v) is 10.5. The number of nitrogens with zero attached hydrogens (tertiary/aromatic N) is 3. The molecule has 3 aliphatic rings. The van der Waals surface area contributed by atoms with Gasteiger partial charge in [0.05, 0.1) is 58.4 Å². The third-order valence-electron chi connectivity index (χ3n) is 8.58. The van der Waals surface area contributed by atoms with Gasteiger partial charge in [-0.2, -0.15) is 5.26 Å². The number of anilines is 1. The standard InChI is InChI=1S/C29H24N4O5/c1-28-22(34)14-29(38-28,12-13-37-25-19-8-4-5-9-20(19)31-32-25)24-23(28)26(35)33(27(24)36)21-11-10-16(15-30)17-6-2-3-7-18(17)21/h2-11,22-24,34H,12-14H2,1H3,(H,31,32)/t22-,23-,24+,28-,29+/m0/s1. The molecule has 2 N–H and O–H groups in total. The maximum absolute atomic E-state index is 14.0. The Morgan fingerprint density at radius 1 is 1.08 bits per heavy atom. The quantitative estimate of drug-likeness (QED) is 0.395. The first kappa shape index (κ1) is 22.9. The molecule has 0 saturated carbocycles. The molecule has 4 heterocycles. The minimum absolute atomic E-state index is 0.197. The average Bonchev–Trinajstić information content (AvgIpc) is 3.61. The van der Waals surface area contributed by atoms with Crippen molar-refractivity contribution in [3.8, 4) is 11.9 Å². The van der Waals surface area contributed by atoms with Crippen LogP contribution in [0.15, 0.2) is 60.7 Å². The molecule has 3 saturated heterocycles. The zero-order valence-corrected chi connectivity index (χ0v) is 20.5. The number of ether oxygens (including phenoxy) is 2. The average molecular weight is 509 g/mol. The van der Waals surface area contributed by atoms with Crippen molar-refractivity contribution in [2.75, 3.05) is 11.5 Å². The second-order valence-electron chi connectivity index (χ2n) is 10.5. The number of nitrogens with one attached hydrogen (secondary N) is 1. The van der Waals surface area contributed by atoms with E-state index in [1.54, 1.807) is 31.2 Å². The van der Waals surface area contributed by atoms with Crippen molar-refractivity contribution in [3.63, 3.8) is 0 Å². The van der Waals surface area contributed by atoms with Crippen molar-refractivity contribution in [3.05, 3.63) is 66.2 Å². The summed E-state index contributed by atoms with van der Waals surface area (Å²) in [5, 5.41) is 29.9. The van der Waals surface area contributed by atoms with Gasteiger partial charge in [0.2, 0.25) is 17.7 Å². The number of benzene rings is 3. The Morgan fingerprint density at radius 3 is 2.58 bits per heavy atom.